The van der Waals surface area contributed by atoms with Crippen LogP contribution in [0.1, 0.15) is 29.9 Å². The third-order valence-corrected chi connectivity index (χ3v) is 3.08. The van der Waals surface area contributed by atoms with E-state index in [4.69, 9.17) is 0 Å². The van der Waals surface area contributed by atoms with E-state index < -0.39 is 12.8 Å². The number of benzene rings is 1. The van der Waals surface area contributed by atoms with Crippen molar-refractivity contribution in [3.63, 3.8) is 0 Å². The first-order valence-electron chi connectivity index (χ1n) is 6.49. The molecule has 2 nitrogen and oxygen atoms in total. The summed E-state index contributed by atoms with van der Waals surface area (Å²) in [5.41, 5.74) is 2.60. The predicted molar refractivity (Wildman–Crippen MR) is 67.0 cm³/mol. The molecule has 5 heteroatoms. The monoisotopic (exact) mass is 273 g/mol. The normalized spacial score (nSPS) is 15.7. The Kier molecular flexibility index (Phi) is 4.82. The van der Waals surface area contributed by atoms with E-state index in [1.807, 2.05) is 12.1 Å². The molecule has 0 atom stereocenters. The molecule has 1 aromatic carbocycles. The van der Waals surface area contributed by atoms with Gasteiger partial charge in [-0.15, -0.1) is 0 Å². The maximum Gasteiger partial charge on any atom is 0.411 e. The molecule has 0 heterocycles. The number of rotatable bonds is 7. The fraction of sp³-hybridized carbons (Fsp3) is 0.571. The number of hydrogen-bond donors (Lipinski definition) is 1. The molecule has 0 bridgehead atoms. The second-order valence-electron chi connectivity index (χ2n) is 4.82. The first-order valence-corrected chi connectivity index (χ1v) is 6.49. The summed E-state index contributed by atoms with van der Waals surface area (Å²) >= 11 is 0. The van der Waals surface area contributed by atoms with Gasteiger partial charge in [-0.25, -0.2) is 0 Å². The van der Waals surface area contributed by atoms with Crippen LogP contribution in [-0.4, -0.2) is 25.9 Å². The topological polar surface area (TPSA) is 21.3 Å². The Labute approximate surface area is 111 Å². The summed E-state index contributed by atoms with van der Waals surface area (Å²) in [5, 5.41) is 3.12. The van der Waals surface area contributed by atoms with E-state index in [2.05, 4.69) is 22.2 Å². The van der Waals surface area contributed by atoms with Crippen molar-refractivity contribution >= 4 is 0 Å². The first kappa shape index (κ1) is 14.3. The lowest BCUT2D eigenvalue weighted by atomic mass is 10.0. The largest absolute Gasteiger partial charge is 0.411 e. The van der Waals surface area contributed by atoms with E-state index in [-0.39, 0.29) is 6.61 Å². The van der Waals surface area contributed by atoms with Crippen LogP contribution >= 0.6 is 0 Å². The molecule has 0 saturated heterocycles. The lowest BCUT2D eigenvalue weighted by Crippen LogP contribution is -2.24. The molecule has 0 spiro atoms. The lowest BCUT2D eigenvalue weighted by molar-refractivity contribution is -0.173. The third-order valence-electron chi connectivity index (χ3n) is 3.08. The Morgan fingerprint density at radius 2 is 1.95 bits per heavy atom. The number of halogens is 3. The molecular formula is C14H18F3NO. The van der Waals surface area contributed by atoms with Gasteiger partial charge >= 0.3 is 6.18 Å². The van der Waals surface area contributed by atoms with Crippen LogP contribution in [-0.2, 0) is 11.3 Å². The zero-order valence-electron chi connectivity index (χ0n) is 10.7. The van der Waals surface area contributed by atoms with E-state index in [0.29, 0.717) is 19.0 Å². The van der Waals surface area contributed by atoms with E-state index >= 15 is 0 Å². The van der Waals surface area contributed by atoms with Crippen molar-refractivity contribution in [2.75, 3.05) is 19.8 Å². The number of nitrogens with one attached hydrogen (secondary N) is 1. The van der Waals surface area contributed by atoms with Gasteiger partial charge in [-0.3, -0.25) is 0 Å². The Morgan fingerprint density at radius 1 is 1.21 bits per heavy atom. The summed E-state index contributed by atoms with van der Waals surface area (Å²) in [6.45, 7) is 0.00950. The van der Waals surface area contributed by atoms with Crippen LogP contribution < -0.4 is 5.32 Å². The lowest BCUT2D eigenvalue weighted by Gasteiger charge is -2.11. The van der Waals surface area contributed by atoms with Gasteiger partial charge in [0.05, 0.1) is 6.61 Å². The second kappa shape index (κ2) is 6.39. The molecule has 106 valence electrons. The SMILES string of the molecule is FC(F)(F)COCCNCc1ccccc1C1CC1. The van der Waals surface area contributed by atoms with Crippen molar-refractivity contribution in [1.82, 2.24) is 5.32 Å². The Bertz CT molecular complexity index is 402. The van der Waals surface area contributed by atoms with E-state index in [1.165, 1.54) is 24.0 Å². The number of alkyl halides is 3. The van der Waals surface area contributed by atoms with E-state index in [0.717, 1.165) is 0 Å². The molecule has 0 aromatic heterocycles. The van der Waals surface area contributed by atoms with Gasteiger partial charge in [-0.1, -0.05) is 24.3 Å². The highest BCUT2D eigenvalue weighted by atomic mass is 19.4. The summed E-state index contributed by atoms with van der Waals surface area (Å²) < 4.78 is 40.0. The summed E-state index contributed by atoms with van der Waals surface area (Å²) in [7, 11) is 0. The fourth-order valence-corrected chi connectivity index (χ4v) is 2.04. The third kappa shape index (κ3) is 5.20. The molecule has 0 radical (unpaired) electrons. The minimum atomic E-state index is -4.24. The van der Waals surface area contributed by atoms with Crippen LogP contribution in [0.3, 0.4) is 0 Å². The zero-order valence-corrected chi connectivity index (χ0v) is 10.7. The minimum Gasteiger partial charge on any atom is -0.371 e. The average Bonchev–Trinajstić information content (AvgIpc) is 3.17. The van der Waals surface area contributed by atoms with Crippen molar-refractivity contribution < 1.29 is 17.9 Å². The van der Waals surface area contributed by atoms with Crippen LogP contribution in [0.15, 0.2) is 24.3 Å². The highest BCUT2D eigenvalue weighted by molar-refractivity contribution is 5.33. The van der Waals surface area contributed by atoms with Crippen LogP contribution in [0.2, 0.25) is 0 Å². The molecule has 1 aliphatic carbocycles. The quantitative estimate of drug-likeness (QED) is 0.770. The van der Waals surface area contributed by atoms with Gasteiger partial charge in [-0.2, -0.15) is 13.2 Å². The van der Waals surface area contributed by atoms with Gasteiger partial charge in [0.2, 0.25) is 0 Å². The Hall–Kier alpha value is -1.07. The van der Waals surface area contributed by atoms with Crippen molar-refractivity contribution in [2.24, 2.45) is 0 Å². The van der Waals surface area contributed by atoms with Crippen molar-refractivity contribution in [3.05, 3.63) is 35.4 Å². The Morgan fingerprint density at radius 3 is 2.63 bits per heavy atom. The van der Waals surface area contributed by atoms with Crippen molar-refractivity contribution in [3.8, 4) is 0 Å². The summed E-state index contributed by atoms with van der Waals surface area (Å²) in [6.07, 6.45) is -1.75. The van der Waals surface area contributed by atoms with Gasteiger partial charge in [0, 0.05) is 13.1 Å². The van der Waals surface area contributed by atoms with Gasteiger partial charge < -0.3 is 10.1 Å². The first-order chi connectivity index (χ1) is 9.06. The molecule has 1 N–H and O–H groups in total. The molecule has 2 rings (SSSR count). The molecule has 1 saturated carbocycles. The molecule has 1 aliphatic rings. The van der Waals surface area contributed by atoms with Crippen LogP contribution in [0.5, 0.6) is 0 Å². The standard InChI is InChI=1S/C14H18F3NO/c15-14(16,17)10-19-8-7-18-9-12-3-1-2-4-13(12)11-5-6-11/h1-4,11,18H,5-10H2. The zero-order chi connectivity index (χ0) is 13.7. The molecular weight excluding hydrogens is 255 g/mol. The van der Waals surface area contributed by atoms with Gasteiger partial charge in [-0.05, 0) is 29.9 Å². The maximum absolute atomic E-state index is 11.8. The van der Waals surface area contributed by atoms with Crippen LogP contribution in [0.4, 0.5) is 13.2 Å². The van der Waals surface area contributed by atoms with Crippen molar-refractivity contribution in [1.29, 1.82) is 0 Å². The molecule has 1 aromatic rings. The van der Waals surface area contributed by atoms with Crippen molar-refractivity contribution in [2.45, 2.75) is 31.5 Å². The average molecular weight is 273 g/mol. The molecule has 1 fully saturated rings. The summed E-state index contributed by atoms with van der Waals surface area (Å²) in [4.78, 5) is 0. The van der Waals surface area contributed by atoms with Crippen LogP contribution in [0, 0.1) is 0 Å². The van der Waals surface area contributed by atoms with E-state index in [9.17, 15) is 13.2 Å². The number of hydrogen-bond acceptors (Lipinski definition) is 2. The molecule has 0 aliphatic heterocycles. The minimum absolute atomic E-state index is 0.0745. The molecule has 0 unspecified atom stereocenters. The van der Waals surface area contributed by atoms with E-state index in [1.54, 1.807) is 0 Å². The summed E-state index contributed by atoms with van der Waals surface area (Å²) in [5.74, 6) is 0.680. The van der Waals surface area contributed by atoms with Crippen LogP contribution in [0.25, 0.3) is 0 Å². The fourth-order valence-electron chi connectivity index (χ4n) is 2.04. The van der Waals surface area contributed by atoms with Gasteiger partial charge in [0.15, 0.2) is 0 Å². The maximum atomic E-state index is 11.8. The highest BCUT2D eigenvalue weighted by Crippen LogP contribution is 2.41. The van der Waals surface area contributed by atoms with Gasteiger partial charge in [0.25, 0.3) is 0 Å². The smallest absolute Gasteiger partial charge is 0.371 e. The predicted octanol–water partition coefficient (Wildman–Crippen LogP) is 3.23. The Balaban J connectivity index is 1.66. The molecule has 0 amide bonds. The second-order valence-corrected chi connectivity index (χ2v) is 4.82. The highest BCUT2D eigenvalue weighted by Gasteiger charge is 2.27. The van der Waals surface area contributed by atoms with Gasteiger partial charge in [0.1, 0.15) is 6.61 Å². The molecule has 19 heavy (non-hydrogen) atoms. The number of ether oxygens (including phenoxy) is 1. The summed E-state index contributed by atoms with van der Waals surface area (Å²) in [6, 6.07) is 8.22.